The van der Waals surface area contributed by atoms with E-state index in [1.807, 2.05) is 6.07 Å². The largest absolute Gasteiger partial charge is 0.472 e. The third-order valence-corrected chi connectivity index (χ3v) is 4.93. The molecular formula is C16H13FN2OS. The Morgan fingerprint density at radius 2 is 2.19 bits per heavy atom. The molecule has 4 rings (SSSR count). The summed E-state index contributed by atoms with van der Waals surface area (Å²) in [5.74, 6) is 0.365. The first-order valence-electron chi connectivity index (χ1n) is 6.94. The quantitative estimate of drug-likeness (QED) is 0.736. The molecule has 0 unspecified atom stereocenters. The van der Waals surface area contributed by atoms with Gasteiger partial charge in [-0.2, -0.15) is 0 Å². The number of fused-ring (bicyclic) bond motifs is 3. The molecule has 3 aromatic rings. The van der Waals surface area contributed by atoms with Gasteiger partial charge >= 0.3 is 0 Å². The van der Waals surface area contributed by atoms with Crippen molar-refractivity contribution < 1.29 is 9.13 Å². The average Bonchev–Trinajstić information content (AvgIpc) is 3.05. The van der Waals surface area contributed by atoms with Crippen LogP contribution in [-0.4, -0.2) is 9.97 Å². The molecule has 0 fully saturated rings. The fraction of sp³-hybridized carbons (Fsp3) is 0.250. The summed E-state index contributed by atoms with van der Waals surface area (Å²) in [6.07, 6.45) is 4.92. The number of hydrogen-bond donors (Lipinski definition) is 0. The van der Waals surface area contributed by atoms with Gasteiger partial charge in [0.25, 0.3) is 0 Å². The van der Waals surface area contributed by atoms with Gasteiger partial charge in [0.2, 0.25) is 5.88 Å². The number of benzene rings is 1. The molecule has 0 saturated heterocycles. The zero-order valence-electron chi connectivity index (χ0n) is 11.3. The molecule has 0 spiro atoms. The molecule has 0 amide bonds. The summed E-state index contributed by atoms with van der Waals surface area (Å²) >= 11 is 1.73. The Labute approximate surface area is 125 Å². The maximum atomic E-state index is 13.2. The number of aromatic nitrogens is 2. The van der Waals surface area contributed by atoms with Gasteiger partial charge in [-0.25, -0.2) is 14.4 Å². The van der Waals surface area contributed by atoms with Gasteiger partial charge < -0.3 is 4.74 Å². The molecule has 1 aliphatic carbocycles. The molecule has 1 aliphatic rings. The number of nitrogens with zero attached hydrogens (tertiary/aromatic N) is 2. The lowest BCUT2D eigenvalue weighted by molar-refractivity contribution is 0.297. The van der Waals surface area contributed by atoms with Gasteiger partial charge in [0, 0.05) is 4.88 Å². The average molecular weight is 300 g/mol. The Kier molecular flexibility index (Phi) is 3.07. The van der Waals surface area contributed by atoms with Crippen LogP contribution in [-0.2, 0) is 19.4 Å². The second-order valence-electron chi connectivity index (χ2n) is 5.13. The highest BCUT2D eigenvalue weighted by atomic mass is 32.1. The van der Waals surface area contributed by atoms with E-state index in [4.69, 9.17) is 4.74 Å². The summed E-state index contributed by atoms with van der Waals surface area (Å²) in [5, 5.41) is 1.05. The lowest BCUT2D eigenvalue weighted by Gasteiger charge is -2.07. The molecular weight excluding hydrogens is 287 g/mol. The predicted molar refractivity (Wildman–Crippen MR) is 80.2 cm³/mol. The Hall–Kier alpha value is -2.01. The van der Waals surface area contributed by atoms with Crippen LogP contribution in [0.5, 0.6) is 5.88 Å². The van der Waals surface area contributed by atoms with Gasteiger partial charge in [0.05, 0.1) is 5.39 Å². The van der Waals surface area contributed by atoms with Crippen molar-refractivity contribution in [2.75, 3.05) is 0 Å². The van der Waals surface area contributed by atoms with Crippen molar-refractivity contribution >= 4 is 21.6 Å². The van der Waals surface area contributed by atoms with E-state index < -0.39 is 0 Å². The smallest absolute Gasteiger partial charge is 0.225 e. The van der Waals surface area contributed by atoms with E-state index in [1.165, 1.54) is 35.3 Å². The fourth-order valence-electron chi connectivity index (χ4n) is 2.79. The minimum absolute atomic E-state index is 0.250. The first-order chi connectivity index (χ1) is 10.3. The van der Waals surface area contributed by atoms with Gasteiger partial charge in [0.15, 0.2) is 0 Å². The molecule has 2 heterocycles. The van der Waals surface area contributed by atoms with Crippen LogP contribution in [0.1, 0.15) is 22.4 Å². The zero-order chi connectivity index (χ0) is 14.2. The van der Waals surface area contributed by atoms with Crippen molar-refractivity contribution in [3.63, 3.8) is 0 Å². The standard InChI is InChI=1S/C16H13FN2OS/c17-11-4-1-3-10(7-11)8-20-15-14-12-5-2-6-13(12)21-16(14)19-9-18-15/h1,3-4,7,9H,2,5-6,8H2. The van der Waals surface area contributed by atoms with Crippen molar-refractivity contribution in [2.45, 2.75) is 25.9 Å². The summed E-state index contributed by atoms with van der Waals surface area (Å²) in [4.78, 5) is 11.0. The summed E-state index contributed by atoms with van der Waals surface area (Å²) in [6, 6.07) is 6.44. The topological polar surface area (TPSA) is 35.0 Å². The van der Waals surface area contributed by atoms with E-state index in [2.05, 4.69) is 9.97 Å². The van der Waals surface area contributed by atoms with Crippen molar-refractivity contribution in [2.24, 2.45) is 0 Å². The number of hydrogen-bond acceptors (Lipinski definition) is 4. The van der Waals surface area contributed by atoms with Gasteiger partial charge in [0.1, 0.15) is 23.6 Å². The molecule has 0 bridgehead atoms. The van der Waals surface area contributed by atoms with E-state index >= 15 is 0 Å². The van der Waals surface area contributed by atoms with E-state index in [-0.39, 0.29) is 5.82 Å². The molecule has 5 heteroatoms. The second-order valence-corrected chi connectivity index (χ2v) is 6.22. The van der Waals surface area contributed by atoms with E-state index in [0.29, 0.717) is 12.5 Å². The summed E-state index contributed by atoms with van der Waals surface area (Å²) in [5.41, 5.74) is 2.14. The number of ether oxygens (including phenoxy) is 1. The number of thiophene rings is 1. The van der Waals surface area contributed by atoms with Crippen LogP contribution in [0.3, 0.4) is 0 Å². The molecule has 0 N–H and O–H groups in total. The van der Waals surface area contributed by atoms with Gasteiger partial charge in [-0.3, -0.25) is 0 Å². The summed E-state index contributed by atoms with van der Waals surface area (Å²) < 4.78 is 19.0. The van der Waals surface area contributed by atoms with Gasteiger partial charge in [-0.05, 0) is 42.5 Å². The SMILES string of the molecule is Fc1cccc(COc2ncnc3sc4c(c23)CCC4)c1. The zero-order valence-corrected chi connectivity index (χ0v) is 12.1. The first kappa shape index (κ1) is 12.7. The monoisotopic (exact) mass is 300 g/mol. The summed E-state index contributed by atoms with van der Waals surface area (Å²) in [6.45, 7) is 0.314. The molecule has 0 saturated carbocycles. The van der Waals surface area contributed by atoms with Crippen molar-refractivity contribution in [1.29, 1.82) is 0 Å². The Morgan fingerprint density at radius 1 is 1.24 bits per heavy atom. The number of rotatable bonds is 3. The highest BCUT2D eigenvalue weighted by molar-refractivity contribution is 7.18. The molecule has 106 valence electrons. The molecule has 2 aromatic heterocycles. The Morgan fingerprint density at radius 3 is 3.10 bits per heavy atom. The molecule has 0 radical (unpaired) electrons. The third kappa shape index (κ3) is 2.27. The lowest BCUT2D eigenvalue weighted by Crippen LogP contribution is -1.99. The van der Waals surface area contributed by atoms with Crippen LogP contribution in [0.25, 0.3) is 10.2 Å². The molecule has 0 aliphatic heterocycles. The van der Waals surface area contributed by atoms with Crippen LogP contribution in [0, 0.1) is 5.82 Å². The van der Waals surface area contributed by atoms with Crippen LogP contribution < -0.4 is 4.74 Å². The molecule has 0 atom stereocenters. The van der Waals surface area contributed by atoms with E-state index in [1.54, 1.807) is 17.4 Å². The minimum atomic E-state index is -0.250. The van der Waals surface area contributed by atoms with E-state index in [9.17, 15) is 4.39 Å². The van der Waals surface area contributed by atoms with Crippen LogP contribution in [0.15, 0.2) is 30.6 Å². The lowest BCUT2D eigenvalue weighted by atomic mass is 10.2. The minimum Gasteiger partial charge on any atom is -0.472 e. The molecule has 21 heavy (non-hydrogen) atoms. The third-order valence-electron chi connectivity index (χ3n) is 3.73. The summed E-state index contributed by atoms with van der Waals surface area (Å²) in [7, 11) is 0. The van der Waals surface area contributed by atoms with E-state index in [0.717, 1.165) is 28.6 Å². The van der Waals surface area contributed by atoms with Crippen LogP contribution >= 0.6 is 11.3 Å². The second kappa shape index (κ2) is 5.07. The number of halogens is 1. The first-order valence-corrected chi connectivity index (χ1v) is 7.75. The maximum absolute atomic E-state index is 13.2. The molecule has 3 nitrogen and oxygen atoms in total. The molecule has 1 aromatic carbocycles. The predicted octanol–water partition coefficient (Wildman–Crippen LogP) is 3.90. The van der Waals surface area contributed by atoms with Crippen molar-refractivity contribution in [1.82, 2.24) is 9.97 Å². The van der Waals surface area contributed by atoms with Gasteiger partial charge in [-0.15, -0.1) is 11.3 Å². The van der Waals surface area contributed by atoms with Crippen molar-refractivity contribution in [3.05, 3.63) is 52.4 Å². The number of aryl methyl sites for hydroxylation is 2. The van der Waals surface area contributed by atoms with Gasteiger partial charge in [-0.1, -0.05) is 12.1 Å². The van der Waals surface area contributed by atoms with Crippen LogP contribution in [0.2, 0.25) is 0 Å². The highest BCUT2D eigenvalue weighted by Gasteiger charge is 2.21. The Balaban J connectivity index is 1.67. The van der Waals surface area contributed by atoms with Crippen molar-refractivity contribution in [3.8, 4) is 5.88 Å². The Bertz CT molecular complexity index is 815. The highest BCUT2D eigenvalue weighted by Crippen LogP contribution is 2.39. The van der Waals surface area contributed by atoms with Crippen LogP contribution in [0.4, 0.5) is 4.39 Å². The normalized spacial score (nSPS) is 13.6. The maximum Gasteiger partial charge on any atom is 0.225 e. The fourth-order valence-corrected chi connectivity index (χ4v) is 4.01.